The maximum absolute atomic E-state index is 12.8. The van der Waals surface area contributed by atoms with Gasteiger partial charge in [0.15, 0.2) is 0 Å². The summed E-state index contributed by atoms with van der Waals surface area (Å²) in [6, 6.07) is 11.5. The van der Waals surface area contributed by atoms with E-state index in [2.05, 4.69) is 10.1 Å². The van der Waals surface area contributed by atoms with Crippen LogP contribution in [0.3, 0.4) is 0 Å². The third kappa shape index (κ3) is 2.35. The van der Waals surface area contributed by atoms with Gasteiger partial charge in [-0.05, 0) is 48.5 Å². The van der Waals surface area contributed by atoms with Crippen molar-refractivity contribution in [3.8, 4) is 22.8 Å². The molecule has 0 N–H and O–H groups in total. The highest BCUT2D eigenvalue weighted by molar-refractivity contribution is 5.59. The molecular formula is C14H8F2N2O. The Morgan fingerprint density at radius 1 is 0.737 bits per heavy atom. The first-order valence-electron chi connectivity index (χ1n) is 5.58. The third-order valence-corrected chi connectivity index (χ3v) is 2.62. The van der Waals surface area contributed by atoms with Crippen LogP contribution in [0.5, 0.6) is 0 Å². The Hall–Kier alpha value is -2.56. The lowest BCUT2D eigenvalue weighted by molar-refractivity contribution is 0.432. The van der Waals surface area contributed by atoms with Gasteiger partial charge in [0.2, 0.25) is 5.82 Å². The molecule has 0 fully saturated rings. The number of rotatable bonds is 2. The zero-order valence-corrected chi connectivity index (χ0v) is 9.68. The van der Waals surface area contributed by atoms with E-state index in [0.717, 1.165) is 0 Å². The Morgan fingerprint density at radius 2 is 1.26 bits per heavy atom. The first-order valence-corrected chi connectivity index (χ1v) is 5.58. The molecule has 0 saturated carbocycles. The molecule has 0 aliphatic rings. The number of hydrogen-bond acceptors (Lipinski definition) is 3. The van der Waals surface area contributed by atoms with Gasteiger partial charge in [-0.15, -0.1) is 0 Å². The highest BCUT2D eigenvalue weighted by Gasteiger charge is 2.10. The van der Waals surface area contributed by atoms with Gasteiger partial charge in [-0.1, -0.05) is 5.16 Å². The second-order valence-corrected chi connectivity index (χ2v) is 3.94. The minimum Gasteiger partial charge on any atom is -0.334 e. The number of hydrogen-bond donors (Lipinski definition) is 0. The lowest BCUT2D eigenvalue weighted by atomic mass is 10.2. The quantitative estimate of drug-likeness (QED) is 0.703. The van der Waals surface area contributed by atoms with Gasteiger partial charge < -0.3 is 4.52 Å². The van der Waals surface area contributed by atoms with Crippen molar-refractivity contribution < 1.29 is 13.3 Å². The van der Waals surface area contributed by atoms with E-state index in [4.69, 9.17) is 4.52 Å². The molecule has 0 saturated heterocycles. The van der Waals surface area contributed by atoms with Crippen LogP contribution in [0.4, 0.5) is 8.78 Å². The molecule has 0 bridgehead atoms. The molecule has 19 heavy (non-hydrogen) atoms. The molecule has 0 aliphatic carbocycles. The van der Waals surface area contributed by atoms with Crippen LogP contribution in [0, 0.1) is 11.6 Å². The molecule has 0 spiro atoms. The number of aromatic nitrogens is 2. The second kappa shape index (κ2) is 4.61. The van der Waals surface area contributed by atoms with Gasteiger partial charge in [-0.25, -0.2) is 8.78 Å². The summed E-state index contributed by atoms with van der Waals surface area (Å²) < 4.78 is 30.7. The fourth-order valence-corrected chi connectivity index (χ4v) is 1.65. The molecule has 94 valence electrons. The highest BCUT2D eigenvalue weighted by Crippen LogP contribution is 2.22. The molecule has 2 aromatic carbocycles. The fourth-order valence-electron chi connectivity index (χ4n) is 1.65. The van der Waals surface area contributed by atoms with E-state index in [0.29, 0.717) is 22.8 Å². The molecule has 1 aromatic heterocycles. The van der Waals surface area contributed by atoms with Gasteiger partial charge in [0.05, 0.1) is 0 Å². The Bertz CT molecular complexity index is 630. The van der Waals surface area contributed by atoms with Crippen LogP contribution in [0.25, 0.3) is 22.8 Å². The number of halogens is 2. The van der Waals surface area contributed by atoms with Crippen molar-refractivity contribution in [2.75, 3.05) is 0 Å². The van der Waals surface area contributed by atoms with E-state index < -0.39 is 0 Å². The van der Waals surface area contributed by atoms with E-state index in [9.17, 15) is 8.78 Å². The molecule has 5 heteroatoms. The largest absolute Gasteiger partial charge is 0.334 e. The average Bonchev–Trinajstić information content (AvgIpc) is 2.90. The SMILES string of the molecule is Fc1ccc(-c2noc(-c3ccc(F)cc3)n2)cc1. The van der Waals surface area contributed by atoms with Crippen molar-refractivity contribution in [2.45, 2.75) is 0 Å². The maximum atomic E-state index is 12.8. The standard InChI is InChI=1S/C14H8F2N2O/c15-11-5-1-9(2-6-11)13-17-14(19-18-13)10-3-7-12(16)8-4-10/h1-8H. The van der Waals surface area contributed by atoms with Crippen LogP contribution in [0.15, 0.2) is 53.1 Å². The first kappa shape index (κ1) is 11.5. The lowest BCUT2D eigenvalue weighted by Crippen LogP contribution is -1.82. The number of benzene rings is 2. The predicted molar refractivity (Wildman–Crippen MR) is 65.1 cm³/mol. The molecule has 3 nitrogen and oxygen atoms in total. The van der Waals surface area contributed by atoms with Crippen LogP contribution in [-0.4, -0.2) is 10.1 Å². The zero-order chi connectivity index (χ0) is 13.2. The molecule has 0 unspecified atom stereocenters. The lowest BCUT2D eigenvalue weighted by Gasteiger charge is -1.93. The van der Waals surface area contributed by atoms with E-state index in [1.165, 1.54) is 24.3 Å². The van der Waals surface area contributed by atoms with Gasteiger partial charge in [0, 0.05) is 11.1 Å². The van der Waals surface area contributed by atoms with Crippen LogP contribution >= 0.6 is 0 Å². The molecule has 3 rings (SSSR count). The molecule has 0 radical (unpaired) electrons. The van der Waals surface area contributed by atoms with Crippen LogP contribution in [0.2, 0.25) is 0 Å². The van der Waals surface area contributed by atoms with E-state index in [1.807, 2.05) is 0 Å². The van der Waals surface area contributed by atoms with Gasteiger partial charge in [0.1, 0.15) is 11.6 Å². The Morgan fingerprint density at radius 3 is 1.84 bits per heavy atom. The van der Waals surface area contributed by atoms with Crippen molar-refractivity contribution in [3.63, 3.8) is 0 Å². The fraction of sp³-hybridized carbons (Fsp3) is 0. The Balaban J connectivity index is 1.95. The highest BCUT2D eigenvalue weighted by atomic mass is 19.1. The molecule has 0 amide bonds. The summed E-state index contributed by atoms with van der Waals surface area (Å²) in [5.41, 5.74) is 1.28. The van der Waals surface area contributed by atoms with Gasteiger partial charge in [-0.2, -0.15) is 4.98 Å². The molecule has 1 heterocycles. The van der Waals surface area contributed by atoms with Crippen LogP contribution in [-0.2, 0) is 0 Å². The topological polar surface area (TPSA) is 38.9 Å². The third-order valence-electron chi connectivity index (χ3n) is 2.62. The van der Waals surface area contributed by atoms with Crippen molar-refractivity contribution in [1.82, 2.24) is 10.1 Å². The monoisotopic (exact) mass is 258 g/mol. The zero-order valence-electron chi connectivity index (χ0n) is 9.68. The summed E-state index contributed by atoms with van der Waals surface area (Å²) >= 11 is 0. The molecule has 0 atom stereocenters. The van der Waals surface area contributed by atoms with Crippen LogP contribution in [0.1, 0.15) is 0 Å². The second-order valence-electron chi connectivity index (χ2n) is 3.94. The smallest absolute Gasteiger partial charge is 0.258 e. The molecule has 0 aliphatic heterocycles. The van der Waals surface area contributed by atoms with Crippen molar-refractivity contribution in [1.29, 1.82) is 0 Å². The summed E-state index contributed by atoms with van der Waals surface area (Å²) in [6.07, 6.45) is 0. The number of nitrogens with zero attached hydrogens (tertiary/aromatic N) is 2. The normalized spacial score (nSPS) is 10.6. The van der Waals surface area contributed by atoms with Gasteiger partial charge in [-0.3, -0.25) is 0 Å². The van der Waals surface area contributed by atoms with Crippen molar-refractivity contribution in [3.05, 3.63) is 60.2 Å². The van der Waals surface area contributed by atoms with E-state index in [1.54, 1.807) is 24.3 Å². The summed E-state index contributed by atoms with van der Waals surface area (Å²) in [7, 11) is 0. The minimum absolute atomic E-state index is 0.291. The Kier molecular flexibility index (Phi) is 2.79. The van der Waals surface area contributed by atoms with Gasteiger partial charge >= 0.3 is 0 Å². The summed E-state index contributed by atoms with van der Waals surface area (Å²) in [5.74, 6) is -0.00771. The summed E-state index contributed by atoms with van der Waals surface area (Å²) in [5, 5.41) is 3.81. The van der Waals surface area contributed by atoms with Crippen molar-refractivity contribution >= 4 is 0 Å². The Labute approximate surface area is 107 Å². The average molecular weight is 258 g/mol. The molecular weight excluding hydrogens is 250 g/mol. The van der Waals surface area contributed by atoms with Gasteiger partial charge in [0.25, 0.3) is 5.89 Å². The van der Waals surface area contributed by atoms with E-state index >= 15 is 0 Å². The summed E-state index contributed by atoms with van der Waals surface area (Å²) in [4.78, 5) is 4.19. The van der Waals surface area contributed by atoms with Crippen LogP contribution < -0.4 is 0 Å². The minimum atomic E-state index is -0.331. The molecule has 3 aromatic rings. The summed E-state index contributed by atoms with van der Waals surface area (Å²) in [6.45, 7) is 0. The maximum Gasteiger partial charge on any atom is 0.258 e. The predicted octanol–water partition coefficient (Wildman–Crippen LogP) is 3.68. The van der Waals surface area contributed by atoms with Crippen molar-refractivity contribution in [2.24, 2.45) is 0 Å². The van der Waals surface area contributed by atoms with E-state index in [-0.39, 0.29) is 11.6 Å². The first-order chi connectivity index (χ1) is 9.22.